The van der Waals surface area contributed by atoms with E-state index >= 15 is 0 Å². The Morgan fingerprint density at radius 1 is 0.531 bits per heavy atom. The van der Waals surface area contributed by atoms with Crippen molar-refractivity contribution < 1.29 is 56.6 Å². The van der Waals surface area contributed by atoms with Crippen LogP contribution in [0.25, 0.3) is 0 Å². The van der Waals surface area contributed by atoms with Crippen LogP contribution >= 0.6 is 0 Å². The van der Waals surface area contributed by atoms with E-state index in [2.05, 4.69) is 0 Å². The largest absolute Gasteiger partial charge is 0.669 e. The highest BCUT2D eigenvalue weighted by Gasteiger charge is 2.43. The van der Waals surface area contributed by atoms with Gasteiger partial charge in [-0.05, 0) is 20.8 Å². The lowest BCUT2D eigenvalue weighted by Gasteiger charge is -2.25. The van der Waals surface area contributed by atoms with Crippen molar-refractivity contribution in [1.82, 2.24) is 0 Å². The van der Waals surface area contributed by atoms with Crippen molar-refractivity contribution in [2.45, 2.75) is 20.8 Å². The fraction of sp³-hybridized carbons (Fsp3) is 1.00. The first-order valence-corrected chi connectivity index (χ1v) is 17.4. The third kappa shape index (κ3) is 15.6. The SMILES string of the molecule is CCO[Si](O[SiH3])(OCC)OCC.CO[SiH2]O[Si](OC)(OC)OC.CO[Si](OC)(OC)O[SiH3]. The van der Waals surface area contributed by atoms with Crippen molar-refractivity contribution in [1.29, 1.82) is 0 Å². The summed E-state index contributed by atoms with van der Waals surface area (Å²) < 4.78 is 66.0. The highest BCUT2D eigenvalue weighted by atomic mass is 28.4. The first-order valence-electron chi connectivity index (χ1n) is 9.69. The van der Waals surface area contributed by atoms with Crippen LogP contribution in [0.15, 0.2) is 0 Å². The molecular weight excluding hydrogens is 533 g/mol. The summed E-state index contributed by atoms with van der Waals surface area (Å²) in [6.07, 6.45) is 0. The highest BCUT2D eigenvalue weighted by molar-refractivity contribution is 6.59. The molecule has 0 saturated carbocycles. The van der Waals surface area contributed by atoms with Gasteiger partial charge in [-0.3, -0.25) is 0 Å². The Bertz CT molecular complexity index is 351. The molecule has 0 fully saturated rings. The maximum absolute atomic E-state index is 5.37. The van der Waals surface area contributed by atoms with Gasteiger partial charge in [-0.2, -0.15) is 0 Å². The van der Waals surface area contributed by atoms with Gasteiger partial charge in [0.15, 0.2) is 0 Å². The second kappa shape index (κ2) is 23.5. The highest BCUT2D eigenvalue weighted by Crippen LogP contribution is 2.09. The molecule has 0 amide bonds. The van der Waals surface area contributed by atoms with Crippen LogP contribution in [0, 0.1) is 0 Å². The van der Waals surface area contributed by atoms with E-state index in [1.165, 1.54) is 42.7 Å². The summed E-state index contributed by atoms with van der Waals surface area (Å²) in [6.45, 7) is 7.40. The molecule has 0 saturated heterocycles. The lowest BCUT2D eigenvalue weighted by atomic mass is 10.9. The predicted molar refractivity (Wildman–Crippen MR) is 133 cm³/mol. The zero-order valence-electron chi connectivity index (χ0n) is 21.6. The molecular formula is C13H44O13Si6. The van der Waals surface area contributed by atoms with Crippen molar-refractivity contribution in [3.63, 3.8) is 0 Å². The molecule has 13 nitrogen and oxygen atoms in total. The monoisotopic (exact) mass is 576 g/mol. The number of rotatable bonds is 17. The van der Waals surface area contributed by atoms with E-state index in [9.17, 15) is 0 Å². The molecule has 0 aromatic carbocycles. The molecule has 32 heavy (non-hydrogen) atoms. The van der Waals surface area contributed by atoms with Crippen LogP contribution < -0.4 is 0 Å². The molecule has 0 rings (SSSR count). The van der Waals surface area contributed by atoms with Crippen molar-refractivity contribution in [3.8, 4) is 0 Å². The maximum Gasteiger partial charge on any atom is 0.669 e. The van der Waals surface area contributed by atoms with Crippen LogP contribution in [0.5, 0.6) is 0 Å². The average Bonchev–Trinajstić information content (AvgIpc) is 2.83. The molecule has 0 aliphatic heterocycles. The van der Waals surface area contributed by atoms with Crippen LogP contribution in [0.2, 0.25) is 0 Å². The molecule has 0 unspecified atom stereocenters. The van der Waals surface area contributed by atoms with E-state index in [4.69, 9.17) is 56.6 Å². The summed E-state index contributed by atoms with van der Waals surface area (Å²) in [5.41, 5.74) is 0. The zero-order valence-corrected chi connectivity index (χ0v) is 30.0. The van der Waals surface area contributed by atoms with E-state index in [1.807, 2.05) is 20.8 Å². The smallest absolute Gasteiger partial charge is 0.403 e. The first-order chi connectivity index (χ1) is 15.2. The van der Waals surface area contributed by atoms with Gasteiger partial charge in [-0.1, -0.05) is 0 Å². The van der Waals surface area contributed by atoms with Crippen LogP contribution in [-0.4, -0.2) is 128 Å². The molecule has 0 aromatic heterocycles. The molecule has 0 radical (unpaired) electrons. The van der Waals surface area contributed by atoms with Crippen molar-refractivity contribution in [3.05, 3.63) is 0 Å². The number of hydrogen-bond acceptors (Lipinski definition) is 13. The Kier molecular flexibility index (Phi) is 27.4. The fourth-order valence-electron chi connectivity index (χ4n) is 1.89. The zero-order chi connectivity index (χ0) is 25.5. The standard InChI is InChI=1S/C6H18O4Si2.C4H14O5Si2.C3H12O4Si2/c1-4-7-12(10-11,8-5-2)9-6-3;1-5-10-9-11(6-2,7-3)8-4;1-4-9(5-2,6-3)7-8/h4-6H2,1-3,11H3;10H2,1-4H3;1-3,8H3. The summed E-state index contributed by atoms with van der Waals surface area (Å²) in [6, 6.07) is 0. The first kappa shape index (κ1) is 37.3. The predicted octanol–water partition coefficient (Wildman–Crippen LogP) is -2.49. The molecule has 0 spiro atoms. The maximum atomic E-state index is 5.37. The quantitative estimate of drug-likeness (QED) is 0.170. The van der Waals surface area contributed by atoms with Crippen molar-refractivity contribution >= 4 is 58.1 Å². The van der Waals surface area contributed by atoms with Crippen LogP contribution in [0.4, 0.5) is 0 Å². The Balaban J connectivity index is -0.000000398. The number of hydrogen-bond donors (Lipinski definition) is 0. The topological polar surface area (TPSA) is 120 Å². The molecule has 0 aromatic rings. The van der Waals surface area contributed by atoms with Gasteiger partial charge in [-0.25, -0.2) is 0 Å². The molecule has 0 atom stereocenters. The fourth-order valence-corrected chi connectivity index (χ4v) is 10.1. The third-order valence-corrected chi connectivity index (χ3v) is 14.4. The van der Waals surface area contributed by atoms with Crippen LogP contribution in [0.1, 0.15) is 20.8 Å². The normalized spacial score (nSPS) is 12.6. The van der Waals surface area contributed by atoms with Gasteiger partial charge in [0.2, 0.25) is 0 Å². The Hall–Kier alpha value is 0.781. The summed E-state index contributed by atoms with van der Waals surface area (Å²) in [7, 11) is 2.55. The Labute approximate surface area is 205 Å². The van der Waals surface area contributed by atoms with E-state index in [0.29, 0.717) is 40.8 Å². The molecule has 19 heteroatoms. The van der Waals surface area contributed by atoms with Gasteiger partial charge in [0, 0.05) is 69.6 Å². The van der Waals surface area contributed by atoms with E-state index < -0.39 is 37.2 Å². The molecule has 198 valence electrons. The molecule has 0 heterocycles. The summed E-state index contributed by atoms with van der Waals surface area (Å²) >= 11 is 0. The molecule has 0 N–H and O–H groups in total. The molecule has 0 aliphatic rings. The second-order valence-corrected chi connectivity index (χ2v) is 16.5. The van der Waals surface area contributed by atoms with Gasteiger partial charge in [-0.15, -0.1) is 0 Å². The lowest BCUT2D eigenvalue weighted by molar-refractivity contribution is 0.0121. The Morgan fingerprint density at radius 3 is 1.00 bits per heavy atom. The minimum atomic E-state index is -2.80. The average molecular weight is 577 g/mol. The third-order valence-electron chi connectivity index (χ3n) is 3.32. The molecule has 0 bridgehead atoms. The van der Waals surface area contributed by atoms with Gasteiger partial charge < -0.3 is 56.6 Å². The lowest BCUT2D eigenvalue weighted by Crippen LogP contribution is -2.48. The minimum absolute atomic E-state index is 0.562. The van der Waals surface area contributed by atoms with E-state index in [0.717, 1.165) is 0 Å². The van der Waals surface area contributed by atoms with E-state index in [1.54, 1.807) is 7.11 Å². The van der Waals surface area contributed by atoms with Crippen LogP contribution in [0.3, 0.4) is 0 Å². The summed E-state index contributed by atoms with van der Waals surface area (Å²) in [5.74, 6) is 0. The summed E-state index contributed by atoms with van der Waals surface area (Å²) in [5, 5.41) is 0. The molecule has 0 aliphatic carbocycles. The minimum Gasteiger partial charge on any atom is -0.403 e. The van der Waals surface area contributed by atoms with Crippen molar-refractivity contribution in [2.75, 3.05) is 69.6 Å². The van der Waals surface area contributed by atoms with Gasteiger partial charge >= 0.3 is 27.1 Å². The van der Waals surface area contributed by atoms with Crippen LogP contribution in [-0.2, 0) is 56.6 Å². The van der Waals surface area contributed by atoms with Crippen molar-refractivity contribution in [2.24, 2.45) is 0 Å². The second-order valence-electron chi connectivity index (χ2n) is 4.98. The van der Waals surface area contributed by atoms with Gasteiger partial charge in [0.25, 0.3) is 10.0 Å². The van der Waals surface area contributed by atoms with Gasteiger partial charge in [0.1, 0.15) is 21.0 Å². The van der Waals surface area contributed by atoms with E-state index in [-0.39, 0.29) is 0 Å². The Morgan fingerprint density at radius 2 is 0.844 bits per heavy atom. The van der Waals surface area contributed by atoms with Gasteiger partial charge in [0.05, 0.1) is 0 Å². The summed E-state index contributed by atoms with van der Waals surface area (Å²) in [4.78, 5) is 0.